The SMILES string of the molecule is O=c1[nH]c2cnc(-c3nn(Cc4ccccc4F)c4ncccc34)nc2[nH]1. The van der Waals surface area contributed by atoms with Crippen LogP contribution in [0.25, 0.3) is 33.7 Å². The van der Waals surface area contributed by atoms with Crippen LogP contribution in [0.15, 0.2) is 53.6 Å². The fourth-order valence-corrected chi connectivity index (χ4v) is 3.02. The van der Waals surface area contributed by atoms with E-state index in [9.17, 15) is 9.18 Å². The number of pyridine rings is 1. The van der Waals surface area contributed by atoms with Crippen LogP contribution in [-0.2, 0) is 6.54 Å². The normalized spacial score (nSPS) is 11.4. The van der Waals surface area contributed by atoms with E-state index < -0.39 is 0 Å². The summed E-state index contributed by atoms with van der Waals surface area (Å²) < 4.78 is 15.7. The van der Waals surface area contributed by atoms with Gasteiger partial charge in [0.25, 0.3) is 0 Å². The molecule has 5 rings (SSSR count). The molecule has 0 fully saturated rings. The molecule has 8 nitrogen and oxygen atoms in total. The lowest BCUT2D eigenvalue weighted by Gasteiger charge is -2.04. The van der Waals surface area contributed by atoms with Crippen molar-refractivity contribution in [2.24, 2.45) is 0 Å². The van der Waals surface area contributed by atoms with Crippen LogP contribution in [0.2, 0.25) is 0 Å². The van der Waals surface area contributed by atoms with Crippen molar-refractivity contribution in [3.8, 4) is 11.5 Å². The Kier molecular flexibility index (Phi) is 3.32. The number of nitrogens with one attached hydrogen (secondary N) is 2. The van der Waals surface area contributed by atoms with Gasteiger partial charge in [-0.25, -0.2) is 28.8 Å². The summed E-state index contributed by atoms with van der Waals surface area (Å²) in [5.41, 5.74) is 2.17. The summed E-state index contributed by atoms with van der Waals surface area (Å²) >= 11 is 0. The van der Waals surface area contributed by atoms with Gasteiger partial charge < -0.3 is 4.98 Å². The number of aromatic nitrogens is 7. The van der Waals surface area contributed by atoms with E-state index in [1.54, 1.807) is 35.1 Å². The molecule has 0 aliphatic carbocycles. The zero-order valence-electron chi connectivity index (χ0n) is 13.8. The van der Waals surface area contributed by atoms with Gasteiger partial charge in [0.15, 0.2) is 17.1 Å². The number of hydrogen-bond acceptors (Lipinski definition) is 5. The van der Waals surface area contributed by atoms with Crippen molar-refractivity contribution in [2.75, 3.05) is 0 Å². The van der Waals surface area contributed by atoms with Gasteiger partial charge in [-0.1, -0.05) is 18.2 Å². The lowest BCUT2D eigenvalue weighted by atomic mass is 10.2. The molecule has 4 heterocycles. The lowest BCUT2D eigenvalue weighted by Crippen LogP contribution is -2.04. The molecule has 9 heteroatoms. The molecular weight excluding hydrogens is 349 g/mol. The first-order valence-electron chi connectivity index (χ1n) is 8.19. The molecule has 4 aromatic heterocycles. The second-order valence-electron chi connectivity index (χ2n) is 6.01. The fraction of sp³-hybridized carbons (Fsp3) is 0.0556. The predicted molar refractivity (Wildman–Crippen MR) is 96.5 cm³/mol. The molecule has 132 valence electrons. The number of fused-ring (bicyclic) bond motifs is 2. The Hall–Kier alpha value is -3.88. The van der Waals surface area contributed by atoms with Crippen molar-refractivity contribution in [3.63, 3.8) is 0 Å². The first-order valence-corrected chi connectivity index (χ1v) is 8.19. The van der Waals surface area contributed by atoms with Gasteiger partial charge in [-0.3, -0.25) is 4.98 Å². The second-order valence-corrected chi connectivity index (χ2v) is 6.01. The zero-order valence-corrected chi connectivity index (χ0v) is 13.8. The van der Waals surface area contributed by atoms with Crippen molar-refractivity contribution in [2.45, 2.75) is 6.54 Å². The number of benzene rings is 1. The maximum atomic E-state index is 14.1. The summed E-state index contributed by atoms with van der Waals surface area (Å²) in [6.07, 6.45) is 3.17. The summed E-state index contributed by atoms with van der Waals surface area (Å²) in [6, 6.07) is 10.2. The number of H-pyrrole nitrogens is 2. The van der Waals surface area contributed by atoms with Crippen molar-refractivity contribution >= 4 is 22.2 Å². The Morgan fingerprint density at radius 2 is 1.96 bits per heavy atom. The Morgan fingerprint density at radius 1 is 1.07 bits per heavy atom. The maximum Gasteiger partial charge on any atom is 0.325 e. The Bertz CT molecular complexity index is 1350. The third kappa shape index (κ3) is 2.56. The van der Waals surface area contributed by atoms with Gasteiger partial charge in [0.1, 0.15) is 17.0 Å². The van der Waals surface area contributed by atoms with E-state index in [2.05, 4.69) is 30.0 Å². The molecule has 0 amide bonds. The molecule has 0 aliphatic heterocycles. The van der Waals surface area contributed by atoms with Gasteiger partial charge in [-0.05, 0) is 18.2 Å². The van der Waals surface area contributed by atoms with E-state index in [0.717, 1.165) is 5.39 Å². The molecule has 0 saturated carbocycles. The smallest absolute Gasteiger partial charge is 0.303 e. The van der Waals surface area contributed by atoms with Gasteiger partial charge >= 0.3 is 5.69 Å². The third-order valence-electron chi connectivity index (χ3n) is 4.27. The Labute approximate surface area is 150 Å². The highest BCUT2D eigenvalue weighted by Gasteiger charge is 2.17. The monoisotopic (exact) mass is 361 g/mol. The van der Waals surface area contributed by atoms with E-state index in [1.165, 1.54) is 12.3 Å². The van der Waals surface area contributed by atoms with Crippen LogP contribution in [0, 0.1) is 5.82 Å². The maximum absolute atomic E-state index is 14.1. The molecular formula is C18H12FN7O. The standard InChI is InChI=1S/C18H12FN7O/c19-12-6-2-1-4-10(12)9-26-17-11(5-3-7-20-17)14(25-26)16-21-8-13-15(23-16)24-18(27)22-13/h1-8H,9H2,(H2,21,22,23,24,27). The molecule has 0 radical (unpaired) electrons. The van der Waals surface area contributed by atoms with Gasteiger partial charge in [0.05, 0.1) is 18.1 Å². The average Bonchev–Trinajstić information content (AvgIpc) is 3.23. The number of aromatic amines is 2. The topological polar surface area (TPSA) is 105 Å². The third-order valence-corrected chi connectivity index (χ3v) is 4.27. The number of halogens is 1. The highest BCUT2D eigenvalue weighted by Crippen LogP contribution is 2.25. The van der Waals surface area contributed by atoms with Gasteiger partial charge in [-0.2, -0.15) is 5.10 Å². The van der Waals surface area contributed by atoms with E-state index in [-0.39, 0.29) is 18.1 Å². The van der Waals surface area contributed by atoms with Gasteiger partial charge in [0, 0.05) is 11.8 Å². The summed E-state index contributed by atoms with van der Waals surface area (Å²) in [5.74, 6) is 0.0456. The number of rotatable bonds is 3. The zero-order chi connectivity index (χ0) is 18.4. The number of hydrogen-bond donors (Lipinski definition) is 2. The number of imidazole rings is 1. The molecule has 0 bridgehead atoms. The predicted octanol–water partition coefficient (Wildman–Crippen LogP) is 2.25. The second kappa shape index (κ2) is 5.84. The van der Waals surface area contributed by atoms with Crippen molar-refractivity contribution in [1.82, 2.24) is 34.7 Å². The van der Waals surface area contributed by atoms with Crippen molar-refractivity contribution < 1.29 is 4.39 Å². The molecule has 27 heavy (non-hydrogen) atoms. The largest absolute Gasteiger partial charge is 0.325 e. The van der Waals surface area contributed by atoms with Crippen LogP contribution in [-0.4, -0.2) is 34.7 Å². The molecule has 0 spiro atoms. The van der Waals surface area contributed by atoms with E-state index in [4.69, 9.17) is 0 Å². The quantitative estimate of drug-likeness (QED) is 0.513. The molecule has 0 unspecified atom stereocenters. The molecule has 0 saturated heterocycles. The van der Waals surface area contributed by atoms with Crippen LogP contribution >= 0.6 is 0 Å². The molecule has 0 aliphatic rings. The minimum absolute atomic E-state index is 0.226. The minimum Gasteiger partial charge on any atom is -0.303 e. The summed E-state index contributed by atoms with van der Waals surface area (Å²) in [5, 5.41) is 5.31. The van der Waals surface area contributed by atoms with Crippen LogP contribution in [0.3, 0.4) is 0 Å². The molecule has 5 aromatic rings. The van der Waals surface area contributed by atoms with Crippen LogP contribution in [0.4, 0.5) is 4.39 Å². The first kappa shape index (κ1) is 15.4. The fourth-order valence-electron chi connectivity index (χ4n) is 3.02. The van der Waals surface area contributed by atoms with Crippen molar-refractivity contribution in [1.29, 1.82) is 0 Å². The van der Waals surface area contributed by atoms with E-state index in [0.29, 0.717) is 33.9 Å². The molecule has 2 N–H and O–H groups in total. The minimum atomic E-state index is -0.354. The Balaban J connectivity index is 1.68. The van der Waals surface area contributed by atoms with Crippen LogP contribution < -0.4 is 5.69 Å². The summed E-state index contributed by atoms with van der Waals surface area (Å²) in [6.45, 7) is 0.226. The first-order chi connectivity index (χ1) is 13.2. The number of nitrogens with zero attached hydrogens (tertiary/aromatic N) is 5. The van der Waals surface area contributed by atoms with E-state index >= 15 is 0 Å². The van der Waals surface area contributed by atoms with Gasteiger partial charge in [0.2, 0.25) is 0 Å². The van der Waals surface area contributed by atoms with E-state index in [1.807, 2.05) is 6.07 Å². The van der Waals surface area contributed by atoms with Crippen LogP contribution in [0.1, 0.15) is 5.56 Å². The van der Waals surface area contributed by atoms with Gasteiger partial charge in [-0.15, -0.1) is 0 Å². The highest BCUT2D eigenvalue weighted by molar-refractivity contribution is 5.89. The van der Waals surface area contributed by atoms with Crippen LogP contribution in [0.5, 0.6) is 0 Å². The van der Waals surface area contributed by atoms with Crippen molar-refractivity contribution in [3.05, 3.63) is 70.7 Å². The Morgan fingerprint density at radius 3 is 2.85 bits per heavy atom. The lowest BCUT2D eigenvalue weighted by molar-refractivity contribution is 0.589. The average molecular weight is 361 g/mol. The summed E-state index contributed by atoms with van der Waals surface area (Å²) in [4.78, 5) is 29.7. The molecule has 0 atom stereocenters. The summed E-state index contributed by atoms with van der Waals surface area (Å²) in [7, 11) is 0. The molecule has 1 aromatic carbocycles. The highest BCUT2D eigenvalue weighted by atomic mass is 19.1.